The summed E-state index contributed by atoms with van der Waals surface area (Å²) in [6.45, 7) is -0.421. The topological polar surface area (TPSA) is 99.0 Å². The Kier molecular flexibility index (Phi) is 6.12. The number of nitrogens with zero attached hydrogens (tertiary/aromatic N) is 2. The molecular weight excluding hydrogens is 434 g/mol. The van der Waals surface area contributed by atoms with Crippen molar-refractivity contribution in [2.75, 3.05) is 12.4 Å². The maximum atomic E-state index is 12.2. The van der Waals surface area contributed by atoms with Crippen molar-refractivity contribution in [2.24, 2.45) is 0 Å². The molecule has 4 rings (SSSR count). The highest BCUT2D eigenvalue weighted by atomic mass is 35.5. The fourth-order valence-electron chi connectivity index (χ4n) is 3.11. The molecule has 0 atom stereocenters. The van der Waals surface area contributed by atoms with E-state index in [-0.39, 0.29) is 22.9 Å². The second-order valence-corrected chi connectivity index (χ2v) is 8.00. The number of H-pyrrole nitrogens is 1. The van der Waals surface area contributed by atoms with Crippen LogP contribution in [0.15, 0.2) is 71.3 Å². The van der Waals surface area contributed by atoms with Gasteiger partial charge < -0.3 is 14.8 Å². The lowest BCUT2D eigenvalue weighted by Crippen LogP contribution is -2.11. The number of nitriles is 1. The SMILES string of the molecule is N#CC(=C(O)COC(=O)CSc1cccc2cccc(Cl)c12)c1nc2ccccc2[nH]1. The number of carbonyl (C=O) groups is 1. The predicted molar refractivity (Wildman–Crippen MR) is 122 cm³/mol. The number of aromatic amines is 1. The van der Waals surface area contributed by atoms with Gasteiger partial charge in [-0.25, -0.2) is 4.98 Å². The van der Waals surface area contributed by atoms with E-state index in [1.165, 1.54) is 11.8 Å². The number of allylic oxidation sites excluding steroid dienone is 1. The van der Waals surface area contributed by atoms with Crippen molar-refractivity contribution in [2.45, 2.75) is 4.90 Å². The number of hydrogen-bond donors (Lipinski definition) is 2. The highest BCUT2D eigenvalue weighted by Gasteiger charge is 2.15. The molecule has 1 heterocycles. The Morgan fingerprint density at radius 1 is 1.16 bits per heavy atom. The van der Waals surface area contributed by atoms with Gasteiger partial charge in [0.25, 0.3) is 0 Å². The van der Waals surface area contributed by atoms with Gasteiger partial charge in [-0.3, -0.25) is 4.79 Å². The smallest absolute Gasteiger partial charge is 0.316 e. The minimum atomic E-state index is -0.525. The first-order chi connectivity index (χ1) is 15.1. The highest BCUT2D eigenvalue weighted by molar-refractivity contribution is 8.00. The normalized spacial score (nSPS) is 11.9. The van der Waals surface area contributed by atoms with Gasteiger partial charge in [-0.2, -0.15) is 5.26 Å². The van der Waals surface area contributed by atoms with Gasteiger partial charge in [-0.05, 0) is 29.7 Å². The van der Waals surface area contributed by atoms with E-state index in [1.54, 1.807) is 12.1 Å². The average Bonchev–Trinajstić information content (AvgIpc) is 3.20. The highest BCUT2D eigenvalue weighted by Crippen LogP contribution is 2.33. The number of aromatic nitrogens is 2. The number of ether oxygens (including phenoxy) is 1. The molecule has 0 aliphatic carbocycles. The van der Waals surface area contributed by atoms with Crippen LogP contribution in [-0.2, 0) is 9.53 Å². The van der Waals surface area contributed by atoms with Crippen LogP contribution in [0.5, 0.6) is 0 Å². The van der Waals surface area contributed by atoms with Crippen LogP contribution in [0.1, 0.15) is 5.82 Å². The van der Waals surface area contributed by atoms with Gasteiger partial charge in [-0.1, -0.05) is 48.0 Å². The quantitative estimate of drug-likeness (QED) is 0.174. The zero-order chi connectivity index (χ0) is 21.8. The van der Waals surface area contributed by atoms with Gasteiger partial charge >= 0.3 is 5.97 Å². The third kappa shape index (κ3) is 4.50. The zero-order valence-electron chi connectivity index (χ0n) is 16.1. The van der Waals surface area contributed by atoms with Crippen LogP contribution in [0.2, 0.25) is 5.02 Å². The standard InChI is InChI=1S/C23H16ClN3O3S/c24-16-7-3-5-14-6-4-10-20(22(14)16)31-13-21(29)30-12-19(28)15(11-25)23-26-17-8-1-2-9-18(17)27-23/h1-10,28H,12-13H2,(H,26,27). The first kappa shape index (κ1) is 20.8. The first-order valence-corrected chi connectivity index (χ1v) is 10.7. The number of fused-ring (bicyclic) bond motifs is 2. The summed E-state index contributed by atoms with van der Waals surface area (Å²) in [5.41, 5.74) is 1.33. The Balaban J connectivity index is 1.43. The van der Waals surface area contributed by atoms with Crippen LogP contribution in [-0.4, -0.2) is 33.4 Å². The number of hydrogen-bond acceptors (Lipinski definition) is 6. The van der Waals surface area contributed by atoms with Crippen LogP contribution in [0.3, 0.4) is 0 Å². The fraction of sp³-hybridized carbons (Fsp3) is 0.0870. The van der Waals surface area contributed by atoms with Gasteiger partial charge in [0, 0.05) is 15.3 Å². The Hall–Kier alpha value is -3.47. The summed E-state index contributed by atoms with van der Waals surface area (Å²) in [6, 6.07) is 20.5. The zero-order valence-corrected chi connectivity index (χ0v) is 17.7. The molecule has 0 aliphatic heterocycles. The summed E-state index contributed by atoms with van der Waals surface area (Å²) < 4.78 is 5.15. The van der Waals surface area contributed by atoms with Crippen molar-refractivity contribution in [3.05, 3.63) is 77.3 Å². The molecule has 8 heteroatoms. The number of imidazole rings is 1. The first-order valence-electron chi connectivity index (χ1n) is 9.30. The molecule has 31 heavy (non-hydrogen) atoms. The second-order valence-electron chi connectivity index (χ2n) is 6.58. The van der Waals surface area contributed by atoms with E-state index in [4.69, 9.17) is 16.3 Å². The summed E-state index contributed by atoms with van der Waals surface area (Å²) in [5.74, 6) is -0.642. The molecule has 0 aliphatic rings. The summed E-state index contributed by atoms with van der Waals surface area (Å²) in [5, 5.41) is 22.2. The maximum Gasteiger partial charge on any atom is 0.316 e. The Morgan fingerprint density at radius 2 is 1.94 bits per heavy atom. The van der Waals surface area contributed by atoms with Crippen LogP contribution < -0.4 is 0 Å². The number of halogens is 1. The van der Waals surface area contributed by atoms with E-state index in [9.17, 15) is 15.2 Å². The van der Waals surface area contributed by atoms with Crippen molar-refractivity contribution in [3.8, 4) is 6.07 Å². The molecule has 0 bridgehead atoms. The van der Waals surface area contributed by atoms with E-state index in [0.29, 0.717) is 10.5 Å². The third-order valence-corrected chi connectivity index (χ3v) is 5.90. The van der Waals surface area contributed by atoms with Crippen molar-refractivity contribution >= 4 is 56.7 Å². The lowest BCUT2D eigenvalue weighted by molar-refractivity contribution is -0.140. The van der Waals surface area contributed by atoms with Gasteiger partial charge in [-0.15, -0.1) is 11.8 Å². The molecule has 0 amide bonds. The molecule has 0 spiro atoms. The number of nitrogens with one attached hydrogen (secondary N) is 1. The molecular formula is C23H16ClN3O3S. The average molecular weight is 450 g/mol. The van der Waals surface area contributed by atoms with Crippen molar-refractivity contribution in [3.63, 3.8) is 0 Å². The van der Waals surface area contributed by atoms with Crippen LogP contribution >= 0.6 is 23.4 Å². The van der Waals surface area contributed by atoms with Crippen molar-refractivity contribution in [1.82, 2.24) is 9.97 Å². The number of thioether (sulfide) groups is 1. The molecule has 1 aromatic heterocycles. The number of aliphatic hydroxyl groups excluding tert-OH is 1. The molecule has 3 aromatic carbocycles. The number of benzene rings is 3. The Labute approximate surface area is 187 Å². The van der Waals surface area contributed by atoms with E-state index in [0.717, 1.165) is 21.2 Å². The largest absolute Gasteiger partial charge is 0.507 e. The number of carbonyl (C=O) groups excluding carboxylic acids is 1. The predicted octanol–water partition coefficient (Wildman–Crippen LogP) is 5.50. The molecule has 154 valence electrons. The van der Waals surface area contributed by atoms with Crippen LogP contribution in [0, 0.1) is 11.3 Å². The van der Waals surface area contributed by atoms with Crippen LogP contribution in [0.25, 0.3) is 27.4 Å². The summed E-state index contributed by atoms with van der Waals surface area (Å²) in [7, 11) is 0. The van der Waals surface area contributed by atoms with Gasteiger partial charge in [0.2, 0.25) is 0 Å². The molecule has 0 saturated heterocycles. The monoisotopic (exact) mass is 449 g/mol. The number of rotatable bonds is 6. The van der Waals surface area contributed by atoms with E-state index < -0.39 is 12.6 Å². The molecule has 6 nitrogen and oxygen atoms in total. The summed E-state index contributed by atoms with van der Waals surface area (Å²) in [6.07, 6.45) is 0. The molecule has 0 radical (unpaired) electrons. The van der Waals surface area contributed by atoms with Gasteiger partial charge in [0.15, 0.2) is 11.6 Å². The maximum absolute atomic E-state index is 12.2. The third-order valence-electron chi connectivity index (χ3n) is 4.56. The lowest BCUT2D eigenvalue weighted by atomic mass is 10.1. The summed E-state index contributed by atoms with van der Waals surface area (Å²) in [4.78, 5) is 20.3. The number of esters is 1. The minimum absolute atomic E-state index is 0.0319. The minimum Gasteiger partial charge on any atom is -0.507 e. The molecule has 0 fully saturated rings. The molecule has 4 aromatic rings. The van der Waals surface area contributed by atoms with E-state index >= 15 is 0 Å². The van der Waals surface area contributed by atoms with Crippen molar-refractivity contribution in [1.29, 1.82) is 5.26 Å². The Bertz CT molecular complexity index is 1320. The second kappa shape index (κ2) is 9.13. The van der Waals surface area contributed by atoms with E-state index in [1.807, 2.05) is 54.6 Å². The van der Waals surface area contributed by atoms with Gasteiger partial charge in [0.05, 0.1) is 16.8 Å². The molecule has 2 N–H and O–H groups in total. The lowest BCUT2D eigenvalue weighted by Gasteiger charge is -2.08. The Morgan fingerprint density at radius 3 is 2.71 bits per heavy atom. The molecule has 0 unspecified atom stereocenters. The summed E-state index contributed by atoms with van der Waals surface area (Å²) >= 11 is 7.61. The fourth-order valence-corrected chi connectivity index (χ4v) is 4.35. The van der Waals surface area contributed by atoms with Crippen molar-refractivity contribution < 1.29 is 14.6 Å². The molecule has 0 saturated carbocycles. The van der Waals surface area contributed by atoms with Gasteiger partial charge in [0.1, 0.15) is 18.2 Å². The number of para-hydroxylation sites is 2. The van der Waals surface area contributed by atoms with E-state index in [2.05, 4.69) is 9.97 Å². The number of aliphatic hydroxyl groups is 1. The van der Waals surface area contributed by atoms with Crippen LogP contribution in [0.4, 0.5) is 0 Å².